The third kappa shape index (κ3) is 3.44. The first-order valence-electron chi connectivity index (χ1n) is 9.98. The number of anilines is 1. The SMILES string of the molecule is COc1ccc(OC)c2sc(N(Cc3cccnc3)C(=O)c3c[nH]c4ccccc34)nc12. The zero-order chi connectivity index (χ0) is 22.1. The first-order valence-corrected chi connectivity index (χ1v) is 10.8. The van der Waals surface area contributed by atoms with Crippen LogP contribution in [0.2, 0.25) is 0 Å². The molecule has 5 aromatic rings. The number of H-pyrrole nitrogens is 1. The second kappa shape index (κ2) is 8.32. The maximum atomic E-state index is 13.8. The molecule has 7 nitrogen and oxygen atoms in total. The first kappa shape index (κ1) is 20.0. The number of para-hydroxylation sites is 1. The summed E-state index contributed by atoms with van der Waals surface area (Å²) in [7, 11) is 3.22. The molecule has 160 valence electrons. The molecule has 0 saturated carbocycles. The Bertz CT molecular complexity index is 1370. The average Bonchev–Trinajstić information content (AvgIpc) is 3.47. The van der Waals surface area contributed by atoms with Crippen molar-refractivity contribution in [1.29, 1.82) is 0 Å². The Morgan fingerprint density at radius 2 is 1.88 bits per heavy atom. The van der Waals surface area contributed by atoms with E-state index >= 15 is 0 Å². The van der Waals surface area contributed by atoms with E-state index < -0.39 is 0 Å². The van der Waals surface area contributed by atoms with Gasteiger partial charge in [-0.25, -0.2) is 4.98 Å². The number of thiazole rings is 1. The highest BCUT2D eigenvalue weighted by Crippen LogP contribution is 2.41. The third-order valence-electron chi connectivity index (χ3n) is 5.26. The van der Waals surface area contributed by atoms with Crippen LogP contribution >= 0.6 is 11.3 Å². The van der Waals surface area contributed by atoms with Crippen LogP contribution in [-0.4, -0.2) is 35.1 Å². The van der Waals surface area contributed by atoms with Crippen molar-refractivity contribution >= 4 is 43.5 Å². The normalized spacial score (nSPS) is 11.1. The fourth-order valence-electron chi connectivity index (χ4n) is 3.68. The Morgan fingerprint density at radius 1 is 1.06 bits per heavy atom. The van der Waals surface area contributed by atoms with Gasteiger partial charge in [0, 0.05) is 29.5 Å². The summed E-state index contributed by atoms with van der Waals surface area (Å²) in [4.78, 5) is 27.6. The second-order valence-electron chi connectivity index (χ2n) is 7.14. The van der Waals surface area contributed by atoms with Gasteiger partial charge in [0.1, 0.15) is 21.7 Å². The van der Waals surface area contributed by atoms with Gasteiger partial charge in [-0.05, 0) is 29.8 Å². The zero-order valence-corrected chi connectivity index (χ0v) is 18.3. The van der Waals surface area contributed by atoms with Crippen molar-refractivity contribution in [3.8, 4) is 11.5 Å². The van der Waals surface area contributed by atoms with Crippen LogP contribution in [0.3, 0.4) is 0 Å². The molecular formula is C24H20N4O3S. The van der Waals surface area contributed by atoms with Crippen molar-refractivity contribution < 1.29 is 14.3 Å². The molecule has 1 amide bonds. The highest BCUT2D eigenvalue weighted by atomic mass is 32.1. The van der Waals surface area contributed by atoms with Crippen LogP contribution in [0, 0.1) is 0 Å². The van der Waals surface area contributed by atoms with Crippen LogP contribution in [-0.2, 0) is 6.54 Å². The minimum absolute atomic E-state index is 0.150. The Morgan fingerprint density at radius 3 is 2.66 bits per heavy atom. The van der Waals surface area contributed by atoms with Crippen LogP contribution in [0.4, 0.5) is 5.13 Å². The maximum Gasteiger partial charge on any atom is 0.262 e. The van der Waals surface area contributed by atoms with Crippen LogP contribution in [0.1, 0.15) is 15.9 Å². The molecule has 0 saturated heterocycles. The summed E-state index contributed by atoms with van der Waals surface area (Å²) in [6.45, 7) is 0.330. The van der Waals surface area contributed by atoms with E-state index in [4.69, 9.17) is 14.5 Å². The number of fused-ring (bicyclic) bond motifs is 2. The molecule has 0 aliphatic rings. The summed E-state index contributed by atoms with van der Waals surface area (Å²) >= 11 is 1.39. The molecular weight excluding hydrogens is 424 g/mol. The van der Waals surface area contributed by atoms with E-state index in [2.05, 4.69) is 9.97 Å². The molecule has 2 aromatic carbocycles. The number of nitrogens with one attached hydrogen (secondary N) is 1. The van der Waals surface area contributed by atoms with Crippen LogP contribution in [0.25, 0.3) is 21.1 Å². The van der Waals surface area contributed by atoms with E-state index in [1.165, 1.54) is 11.3 Å². The van der Waals surface area contributed by atoms with E-state index in [1.54, 1.807) is 37.7 Å². The van der Waals surface area contributed by atoms with Gasteiger partial charge in [0.2, 0.25) is 0 Å². The Balaban J connectivity index is 1.66. The van der Waals surface area contributed by atoms with E-state index in [9.17, 15) is 4.79 Å². The summed E-state index contributed by atoms with van der Waals surface area (Å²) < 4.78 is 11.8. The van der Waals surface area contributed by atoms with Gasteiger partial charge in [0.25, 0.3) is 5.91 Å². The lowest BCUT2D eigenvalue weighted by Crippen LogP contribution is -2.30. The Kier molecular flexibility index (Phi) is 5.20. The van der Waals surface area contributed by atoms with Crippen molar-refractivity contribution in [2.45, 2.75) is 6.54 Å². The molecule has 8 heteroatoms. The number of hydrogen-bond acceptors (Lipinski definition) is 6. The monoisotopic (exact) mass is 444 g/mol. The predicted octanol–water partition coefficient (Wildman–Crippen LogP) is 5.04. The molecule has 0 atom stereocenters. The molecule has 1 N–H and O–H groups in total. The van der Waals surface area contributed by atoms with E-state index in [-0.39, 0.29) is 5.91 Å². The number of carbonyl (C=O) groups is 1. The number of rotatable bonds is 6. The highest BCUT2D eigenvalue weighted by molar-refractivity contribution is 7.22. The summed E-state index contributed by atoms with van der Waals surface area (Å²) in [6.07, 6.45) is 5.21. The number of benzene rings is 2. The predicted molar refractivity (Wildman–Crippen MR) is 126 cm³/mol. The number of carbonyl (C=O) groups excluding carboxylic acids is 1. The molecule has 0 spiro atoms. The lowest BCUT2D eigenvalue weighted by atomic mass is 10.1. The van der Waals surface area contributed by atoms with Crippen molar-refractivity contribution in [1.82, 2.24) is 15.0 Å². The number of ether oxygens (including phenoxy) is 2. The smallest absolute Gasteiger partial charge is 0.262 e. The number of hydrogen-bond donors (Lipinski definition) is 1. The number of nitrogens with zero attached hydrogens (tertiary/aromatic N) is 3. The van der Waals surface area contributed by atoms with Crippen molar-refractivity contribution in [2.24, 2.45) is 0 Å². The molecule has 0 aliphatic heterocycles. The lowest BCUT2D eigenvalue weighted by Gasteiger charge is -2.19. The number of pyridine rings is 1. The van der Waals surface area contributed by atoms with E-state index in [1.807, 2.05) is 48.5 Å². The van der Waals surface area contributed by atoms with E-state index in [0.717, 1.165) is 21.2 Å². The zero-order valence-electron chi connectivity index (χ0n) is 17.5. The minimum Gasteiger partial charge on any atom is -0.495 e. The molecule has 5 rings (SSSR count). The molecule has 3 heterocycles. The Hall–Kier alpha value is -3.91. The topological polar surface area (TPSA) is 80.3 Å². The number of methoxy groups -OCH3 is 2. The first-order chi connectivity index (χ1) is 15.7. The van der Waals surface area contributed by atoms with Gasteiger partial charge in [-0.2, -0.15) is 0 Å². The minimum atomic E-state index is -0.150. The molecule has 0 radical (unpaired) electrons. The van der Waals surface area contributed by atoms with Gasteiger partial charge in [0.15, 0.2) is 5.13 Å². The summed E-state index contributed by atoms with van der Waals surface area (Å²) in [6, 6.07) is 15.2. The Labute approximate surface area is 188 Å². The maximum absolute atomic E-state index is 13.8. The number of aromatic nitrogens is 3. The lowest BCUT2D eigenvalue weighted by molar-refractivity contribution is 0.0986. The molecule has 3 aromatic heterocycles. The number of aromatic amines is 1. The second-order valence-corrected chi connectivity index (χ2v) is 8.12. The van der Waals surface area contributed by atoms with Gasteiger partial charge in [-0.3, -0.25) is 14.7 Å². The third-order valence-corrected chi connectivity index (χ3v) is 6.35. The van der Waals surface area contributed by atoms with Crippen molar-refractivity contribution in [3.63, 3.8) is 0 Å². The molecule has 0 bridgehead atoms. The summed E-state index contributed by atoms with van der Waals surface area (Å²) in [5.74, 6) is 1.16. The molecule has 32 heavy (non-hydrogen) atoms. The van der Waals surface area contributed by atoms with Crippen LogP contribution in [0.5, 0.6) is 11.5 Å². The van der Waals surface area contributed by atoms with Crippen molar-refractivity contribution in [2.75, 3.05) is 19.1 Å². The van der Waals surface area contributed by atoms with Gasteiger partial charge in [0.05, 0.1) is 26.3 Å². The van der Waals surface area contributed by atoms with Crippen molar-refractivity contribution in [3.05, 3.63) is 78.2 Å². The van der Waals surface area contributed by atoms with Crippen LogP contribution in [0.15, 0.2) is 67.1 Å². The number of amides is 1. The van der Waals surface area contributed by atoms with E-state index in [0.29, 0.717) is 34.3 Å². The standard InChI is InChI=1S/C24H20N4O3S/c1-30-19-9-10-20(31-2)22-21(19)27-24(32-22)28(14-15-6-5-11-25-12-15)23(29)17-13-26-18-8-4-3-7-16(17)18/h3-13,26H,14H2,1-2H3. The van der Waals surface area contributed by atoms with Gasteiger partial charge >= 0.3 is 0 Å². The van der Waals surface area contributed by atoms with Gasteiger partial charge in [-0.15, -0.1) is 0 Å². The summed E-state index contributed by atoms with van der Waals surface area (Å²) in [5, 5.41) is 1.42. The fraction of sp³-hybridized carbons (Fsp3) is 0.125. The largest absolute Gasteiger partial charge is 0.495 e. The summed E-state index contributed by atoms with van der Waals surface area (Å²) in [5.41, 5.74) is 3.06. The van der Waals surface area contributed by atoms with Gasteiger partial charge in [-0.1, -0.05) is 35.6 Å². The average molecular weight is 445 g/mol. The molecule has 0 unspecified atom stereocenters. The molecule has 0 aliphatic carbocycles. The van der Waals surface area contributed by atoms with Gasteiger partial charge < -0.3 is 14.5 Å². The highest BCUT2D eigenvalue weighted by Gasteiger charge is 2.25. The quantitative estimate of drug-likeness (QED) is 0.397. The van der Waals surface area contributed by atoms with Crippen LogP contribution < -0.4 is 14.4 Å². The molecule has 0 fully saturated rings. The fourth-order valence-corrected chi connectivity index (χ4v) is 4.76.